The van der Waals surface area contributed by atoms with Gasteiger partial charge in [-0.05, 0) is 42.1 Å². The molecule has 1 aliphatic heterocycles. The number of primary sulfonamides is 1. The normalized spacial score (nSPS) is 16.9. The topological polar surface area (TPSA) is 202 Å². The molecule has 1 fully saturated rings. The summed E-state index contributed by atoms with van der Waals surface area (Å²) in [4.78, 5) is 2.28. The molecule has 1 saturated heterocycles. The van der Waals surface area contributed by atoms with Crippen molar-refractivity contribution in [3.8, 4) is 11.4 Å². The first-order valence-corrected chi connectivity index (χ1v) is 11.4. The van der Waals surface area contributed by atoms with Crippen LogP contribution in [0.15, 0.2) is 21.9 Å². The van der Waals surface area contributed by atoms with E-state index < -0.39 is 15.6 Å². The van der Waals surface area contributed by atoms with E-state index in [0.29, 0.717) is 49.6 Å². The Morgan fingerprint density at radius 1 is 1.31 bits per heavy atom. The van der Waals surface area contributed by atoms with Gasteiger partial charge >= 0.3 is 0 Å². The quantitative estimate of drug-likeness (QED) is 0.202. The van der Waals surface area contributed by atoms with Crippen molar-refractivity contribution in [3.63, 3.8) is 0 Å². The Hall–Kier alpha value is -1.81. The van der Waals surface area contributed by atoms with Gasteiger partial charge in [-0.1, -0.05) is 0 Å². The average molecular weight is 444 g/mol. The van der Waals surface area contributed by atoms with Gasteiger partial charge in [0, 0.05) is 43.3 Å². The molecular formula is C15H25N9O3S2. The van der Waals surface area contributed by atoms with Crippen LogP contribution in [0.2, 0.25) is 0 Å². The lowest BCUT2D eigenvalue weighted by molar-refractivity contribution is 0.0250. The van der Waals surface area contributed by atoms with E-state index in [1.165, 1.54) is 0 Å². The third-order valence-electron chi connectivity index (χ3n) is 4.80. The Bertz CT molecular complexity index is 929. The largest absolute Gasteiger partial charge is 0.388 e. The fourth-order valence-corrected chi connectivity index (χ4v) is 5.23. The highest BCUT2D eigenvalue weighted by atomic mass is 32.2. The highest BCUT2D eigenvalue weighted by Crippen LogP contribution is 2.40. The molecule has 1 aromatic heterocycles. The molecule has 160 valence electrons. The van der Waals surface area contributed by atoms with E-state index in [1.54, 1.807) is 12.1 Å². The number of sulfonamides is 1. The zero-order valence-corrected chi connectivity index (χ0v) is 17.3. The number of aromatic nitrogens is 4. The van der Waals surface area contributed by atoms with Gasteiger partial charge in [0.2, 0.25) is 15.8 Å². The smallest absolute Gasteiger partial charge is 0.240 e. The lowest BCUT2D eigenvalue weighted by Crippen LogP contribution is -2.48. The number of nitrogens with one attached hydrogen (secondary N) is 2. The van der Waals surface area contributed by atoms with Crippen molar-refractivity contribution in [2.75, 3.05) is 37.6 Å². The predicted octanol–water partition coefficient (Wildman–Crippen LogP) is -1.64. The highest BCUT2D eigenvalue weighted by molar-refractivity contribution is 7.98. The summed E-state index contributed by atoms with van der Waals surface area (Å²) in [7, 11) is -4.13. The second kappa shape index (κ2) is 8.91. The minimum Gasteiger partial charge on any atom is -0.388 e. The number of tetrazole rings is 1. The Morgan fingerprint density at radius 2 is 2.03 bits per heavy atom. The molecule has 0 saturated carbocycles. The van der Waals surface area contributed by atoms with Crippen LogP contribution in [-0.4, -0.2) is 72.5 Å². The fourth-order valence-electron chi connectivity index (χ4n) is 3.22. The lowest BCUT2D eigenvalue weighted by atomic mass is 9.91. The van der Waals surface area contributed by atoms with Gasteiger partial charge < -0.3 is 21.5 Å². The first-order valence-electron chi connectivity index (χ1n) is 9.00. The van der Waals surface area contributed by atoms with E-state index in [0.717, 1.165) is 11.9 Å². The Morgan fingerprint density at radius 3 is 2.59 bits per heavy atom. The maximum Gasteiger partial charge on any atom is 0.240 e. The van der Waals surface area contributed by atoms with Crippen LogP contribution in [0.4, 0.5) is 5.69 Å². The van der Waals surface area contributed by atoms with Gasteiger partial charge in [0.1, 0.15) is 4.90 Å². The molecule has 0 radical (unpaired) electrons. The van der Waals surface area contributed by atoms with E-state index in [9.17, 15) is 13.5 Å². The van der Waals surface area contributed by atoms with Gasteiger partial charge in [0.25, 0.3) is 0 Å². The Labute approximate surface area is 172 Å². The number of aromatic amines is 1. The fraction of sp³-hybridized carbons (Fsp3) is 0.533. The van der Waals surface area contributed by atoms with Crippen LogP contribution in [0.5, 0.6) is 0 Å². The van der Waals surface area contributed by atoms with Crippen molar-refractivity contribution in [2.24, 2.45) is 16.6 Å². The summed E-state index contributed by atoms with van der Waals surface area (Å²) >= 11 is 1.12. The molecular weight excluding hydrogens is 418 g/mol. The summed E-state index contributed by atoms with van der Waals surface area (Å²) in [5.74, 6) is 0.116. The molecule has 0 atom stereocenters. The number of rotatable bonds is 8. The van der Waals surface area contributed by atoms with Gasteiger partial charge in [0.05, 0.1) is 11.2 Å². The van der Waals surface area contributed by atoms with Gasteiger partial charge in [0.15, 0.2) is 0 Å². The number of hydrogen-bond acceptors (Lipinski definition) is 11. The standard InChI is InChI=1S/C15H25N9O3S2/c16-5-6-19-28-11-2-1-10(24-7-3-15(25,9-17)4-8-24)12(13(11)29(18,26)27)14-20-22-23-21-14/h1-2,19,25H,3-9,16-17H2,(H2,18,26,27)(H,20,21,22,23). The van der Waals surface area contributed by atoms with Crippen LogP contribution in [-0.2, 0) is 10.0 Å². The molecule has 9 N–H and O–H groups in total. The van der Waals surface area contributed by atoms with Crippen molar-refractivity contribution in [1.82, 2.24) is 25.3 Å². The van der Waals surface area contributed by atoms with E-state index in [-0.39, 0.29) is 22.8 Å². The number of aliphatic hydroxyl groups is 1. The SMILES string of the molecule is NCCNSc1ccc(N2CCC(O)(CN)CC2)c(-c2nn[nH]n2)c1S(N)(=O)=O. The van der Waals surface area contributed by atoms with Crippen molar-refractivity contribution in [3.05, 3.63) is 12.1 Å². The minimum absolute atomic E-state index is 0.0921. The molecule has 1 aliphatic rings. The monoisotopic (exact) mass is 443 g/mol. The van der Waals surface area contributed by atoms with Crippen molar-refractivity contribution in [1.29, 1.82) is 0 Å². The molecule has 2 aromatic rings. The van der Waals surface area contributed by atoms with Crippen molar-refractivity contribution in [2.45, 2.75) is 28.2 Å². The number of nitrogens with two attached hydrogens (primary N) is 3. The molecule has 0 amide bonds. The average Bonchev–Trinajstić information content (AvgIpc) is 3.22. The summed E-state index contributed by atoms with van der Waals surface area (Å²) in [6, 6.07) is 3.47. The molecule has 0 aliphatic carbocycles. The summed E-state index contributed by atoms with van der Waals surface area (Å²) in [6.07, 6.45) is 0.906. The summed E-state index contributed by atoms with van der Waals surface area (Å²) in [5, 5.41) is 29.9. The second-order valence-electron chi connectivity index (χ2n) is 6.77. The molecule has 12 nitrogen and oxygen atoms in total. The van der Waals surface area contributed by atoms with E-state index in [1.807, 2.05) is 4.90 Å². The van der Waals surface area contributed by atoms with Gasteiger partial charge in [-0.2, -0.15) is 5.21 Å². The number of nitrogens with zero attached hydrogens (tertiary/aromatic N) is 4. The summed E-state index contributed by atoms with van der Waals surface area (Å²) < 4.78 is 28.1. The molecule has 0 unspecified atom stereocenters. The van der Waals surface area contributed by atoms with Crippen LogP contribution >= 0.6 is 11.9 Å². The Balaban J connectivity index is 2.10. The minimum atomic E-state index is -4.13. The third kappa shape index (κ3) is 4.85. The first kappa shape index (κ1) is 21.9. The number of hydrogen-bond donors (Lipinski definition) is 6. The van der Waals surface area contributed by atoms with E-state index in [4.69, 9.17) is 16.6 Å². The first-order chi connectivity index (χ1) is 13.8. The molecule has 2 heterocycles. The molecule has 0 spiro atoms. The molecule has 1 aromatic carbocycles. The maximum absolute atomic E-state index is 12.5. The third-order valence-corrected chi connectivity index (χ3v) is 6.83. The zero-order valence-electron chi connectivity index (χ0n) is 15.7. The summed E-state index contributed by atoms with van der Waals surface area (Å²) in [5.41, 5.74) is 11.1. The Kier molecular flexibility index (Phi) is 6.72. The van der Waals surface area contributed by atoms with Crippen LogP contribution in [0.1, 0.15) is 12.8 Å². The van der Waals surface area contributed by atoms with Crippen molar-refractivity contribution >= 4 is 27.7 Å². The molecule has 0 bridgehead atoms. The predicted molar refractivity (Wildman–Crippen MR) is 109 cm³/mol. The lowest BCUT2D eigenvalue weighted by Gasteiger charge is -2.39. The summed E-state index contributed by atoms with van der Waals surface area (Å²) in [6.45, 7) is 2.02. The number of H-pyrrole nitrogens is 1. The van der Waals surface area contributed by atoms with E-state index >= 15 is 0 Å². The van der Waals surface area contributed by atoms with E-state index in [2.05, 4.69) is 25.3 Å². The molecule has 29 heavy (non-hydrogen) atoms. The van der Waals surface area contributed by atoms with Gasteiger partial charge in [-0.25, -0.2) is 13.6 Å². The van der Waals surface area contributed by atoms with Crippen LogP contribution < -0.4 is 26.2 Å². The zero-order chi connectivity index (χ0) is 21.1. The molecule has 14 heteroatoms. The van der Waals surface area contributed by atoms with Gasteiger partial charge in [-0.15, -0.1) is 10.2 Å². The second-order valence-corrected chi connectivity index (χ2v) is 9.20. The van der Waals surface area contributed by atoms with Crippen LogP contribution in [0.3, 0.4) is 0 Å². The van der Waals surface area contributed by atoms with Gasteiger partial charge in [-0.3, -0.25) is 4.72 Å². The molecule has 3 rings (SSSR count). The van der Waals surface area contributed by atoms with Crippen molar-refractivity contribution < 1.29 is 13.5 Å². The van der Waals surface area contributed by atoms with Crippen LogP contribution in [0, 0.1) is 0 Å². The number of piperidine rings is 1. The number of anilines is 1. The highest BCUT2D eigenvalue weighted by Gasteiger charge is 2.34. The maximum atomic E-state index is 12.5. The van der Waals surface area contributed by atoms with Crippen LogP contribution in [0.25, 0.3) is 11.4 Å². The number of benzene rings is 1.